The summed E-state index contributed by atoms with van der Waals surface area (Å²) >= 11 is 0. The standard InChI is InChI=1S/C24H26N5OP/c1-24(25)14-23(30)28(16-24)19-11-9-18(10-12-19)21-15-27-22(29(21)26-2)8-4-6-17-5-3-7-20(31)13-17/h3-5,7-13,15H,2,6,14,16,25,31H2,1H3/b8-4-. The van der Waals surface area contributed by atoms with Crippen molar-refractivity contribution in [2.45, 2.75) is 25.3 Å². The molecule has 0 aliphatic carbocycles. The fourth-order valence-corrected chi connectivity index (χ4v) is 4.16. The van der Waals surface area contributed by atoms with Gasteiger partial charge in [-0.05, 0) is 42.4 Å². The van der Waals surface area contributed by atoms with Gasteiger partial charge in [-0.2, -0.15) is 5.10 Å². The Kier molecular flexibility index (Phi) is 5.86. The largest absolute Gasteiger partial charge is 0.323 e. The molecule has 7 heteroatoms. The number of hydrogen-bond acceptors (Lipinski definition) is 4. The van der Waals surface area contributed by atoms with Crippen LogP contribution in [0.3, 0.4) is 0 Å². The number of nitrogens with two attached hydrogens (primary N) is 1. The van der Waals surface area contributed by atoms with Gasteiger partial charge < -0.3 is 10.6 Å². The van der Waals surface area contributed by atoms with Crippen LogP contribution in [0.25, 0.3) is 17.3 Å². The highest BCUT2D eigenvalue weighted by molar-refractivity contribution is 7.27. The average Bonchev–Trinajstić information content (AvgIpc) is 3.27. The molecule has 0 saturated carbocycles. The maximum absolute atomic E-state index is 12.3. The summed E-state index contributed by atoms with van der Waals surface area (Å²) in [6, 6.07) is 16.1. The van der Waals surface area contributed by atoms with Crippen molar-refractivity contribution in [3.8, 4) is 11.3 Å². The Morgan fingerprint density at radius 2 is 2.06 bits per heavy atom. The van der Waals surface area contributed by atoms with Gasteiger partial charge in [0.1, 0.15) is 0 Å². The zero-order chi connectivity index (χ0) is 22.0. The maximum Gasteiger partial charge on any atom is 0.228 e. The molecule has 4 rings (SSSR count). The lowest BCUT2D eigenvalue weighted by Gasteiger charge is -2.20. The molecule has 1 amide bonds. The van der Waals surface area contributed by atoms with Crippen LogP contribution in [0, 0.1) is 0 Å². The summed E-state index contributed by atoms with van der Waals surface area (Å²) < 4.78 is 1.72. The summed E-state index contributed by atoms with van der Waals surface area (Å²) in [5.74, 6) is 0.764. The fraction of sp³-hybridized carbons (Fsp3) is 0.208. The van der Waals surface area contributed by atoms with Crippen LogP contribution in [0.4, 0.5) is 5.69 Å². The van der Waals surface area contributed by atoms with Crippen LogP contribution in [0.2, 0.25) is 0 Å². The summed E-state index contributed by atoms with van der Waals surface area (Å²) in [5.41, 5.74) is 9.51. The number of carbonyl (C=O) groups is 1. The molecule has 1 aliphatic heterocycles. The van der Waals surface area contributed by atoms with Gasteiger partial charge in [0.05, 0.1) is 11.9 Å². The van der Waals surface area contributed by atoms with Crippen molar-refractivity contribution in [1.82, 2.24) is 9.66 Å². The molecule has 1 aliphatic rings. The van der Waals surface area contributed by atoms with Crippen LogP contribution >= 0.6 is 9.24 Å². The maximum atomic E-state index is 12.3. The van der Waals surface area contributed by atoms with Crippen molar-refractivity contribution in [2.24, 2.45) is 10.8 Å². The SMILES string of the molecule is C=Nn1c(-c2ccc(N3CC(C)(N)CC3=O)cc2)cnc1/C=C\Cc1cccc(P)c1. The van der Waals surface area contributed by atoms with Crippen molar-refractivity contribution in [2.75, 3.05) is 11.4 Å². The van der Waals surface area contributed by atoms with E-state index in [-0.39, 0.29) is 5.91 Å². The number of rotatable bonds is 6. The highest BCUT2D eigenvalue weighted by Crippen LogP contribution is 2.29. The van der Waals surface area contributed by atoms with Crippen molar-refractivity contribution in [3.05, 3.63) is 72.2 Å². The molecular weight excluding hydrogens is 405 g/mol. The summed E-state index contributed by atoms with van der Waals surface area (Å²) in [4.78, 5) is 18.5. The lowest BCUT2D eigenvalue weighted by Crippen LogP contribution is -2.39. The Bertz CT molecular complexity index is 1150. The minimum Gasteiger partial charge on any atom is -0.323 e. The van der Waals surface area contributed by atoms with Crippen molar-refractivity contribution in [3.63, 3.8) is 0 Å². The van der Waals surface area contributed by atoms with Gasteiger partial charge in [0.25, 0.3) is 0 Å². The summed E-state index contributed by atoms with van der Waals surface area (Å²) in [7, 11) is 2.71. The van der Waals surface area contributed by atoms with E-state index in [1.807, 2.05) is 43.3 Å². The molecule has 31 heavy (non-hydrogen) atoms. The Hall–Kier alpha value is -3.08. The molecule has 1 saturated heterocycles. The number of nitrogens with zero attached hydrogens (tertiary/aromatic N) is 4. The predicted octanol–water partition coefficient (Wildman–Crippen LogP) is 3.22. The molecule has 2 N–H and O–H groups in total. The number of benzene rings is 2. The summed E-state index contributed by atoms with van der Waals surface area (Å²) in [6.45, 7) is 6.13. The van der Waals surface area contributed by atoms with Gasteiger partial charge in [0.2, 0.25) is 5.91 Å². The highest BCUT2D eigenvalue weighted by atomic mass is 31.0. The molecule has 2 aromatic carbocycles. The van der Waals surface area contributed by atoms with Gasteiger partial charge in [-0.3, -0.25) is 4.79 Å². The smallest absolute Gasteiger partial charge is 0.228 e. The van der Waals surface area contributed by atoms with Crippen molar-refractivity contribution in [1.29, 1.82) is 0 Å². The molecular formula is C24H26N5OP. The number of hydrogen-bond donors (Lipinski definition) is 1. The Morgan fingerprint density at radius 3 is 2.71 bits per heavy atom. The lowest BCUT2D eigenvalue weighted by atomic mass is 10.0. The van der Waals surface area contributed by atoms with Crippen molar-refractivity contribution < 1.29 is 4.79 Å². The first-order chi connectivity index (χ1) is 14.9. The normalized spacial score (nSPS) is 18.8. The fourth-order valence-electron chi connectivity index (χ4n) is 3.83. The molecule has 2 unspecified atom stereocenters. The second kappa shape index (κ2) is 8.58. The lowest BCUT2D eigenvalue weighted by molar-refractivity contribution is -0.117. The summed E-state index contributed by atoms with van der Waals surface area (Å²) in [5, 5.41) is 5.31. The van der Waals surface area contributed by atoms with Crippen LogP contribution in [-0.2, 0) is 11.2 Å². The first-order valence-corrected chi connectivity index (χ1v) is 10.7. The Balaban J connectivity index is 1.52. The van der Waals surface area contributed by atoms with Gasteiger partial charge in [0.15, 0.2) is 5.82 Å². The third-order valence-corrected chi connectivity index (χ3v) is 5.69. The van der Waals surface area contributed by atoms with Crippen LogP contribution in [0.1, 0.15) is 24.7 Å². The topological polar surface area (TPSA) is 76.5 Å². The Labute approximate surface area is 184 Å². The van der Waals surface area contributed by atoms with E-state index < -0.39 is 5.54 Å². The third kappa shape index (κ3) is 4.66. The molecule has 0 radical (unpaired) electrons. The zero-order valence-electron chi connectivity index (χ0n) is 17.5. The van der Waals surface area contributed by atoms with E-state index in [2.05, 4.69) is 50.3 Å². The second-order valence-electron chi connectivity index (χ2n) is 8.16. The van der Waals surface area contributed by atoms with Gasteiger partial charge in [-0.25, -0.2) is 9.66 Å². The Morgan fingerprint density at radius 1 is 1.29 bits per heavy atom. The summed E-state index contributed by atoms with van der Waals surface area (Å²) in [6.07, 6.45) is 6.97. The van der Waals surface area contributed by atoms with Crippen LogP contribution in [0.5, 0.6) is 0 Å². The number of aromatic nitrogens is 2. The van der Waals surface area contributed by atoms with E-state index in [1.54, 1.807) is 15.8 Å². The van der Waals surface area contributed by atoms with Gasteiger partial charge in [-0.15, -0.1) is 9.24 Å². The molecule has 3 aromatic rings. The number of amides is 1. The monoisotopic (exact) mass is 431 g/mol. The molecule has 0 spiro atoms. The van der Waals surface area contributed by atoms with Gasteiger partial charge in [0, 0.05) is 36.5 Å². The minimum atomic E-state index is -0.486. The molecule has 2 heterocycles. The number of anilines is 1. The molecule has 158 valence electrons. The van der Waals surface area contributed by atoms with Crippen LogP contribution < -0.4 is 15.9 Å². The van der Waals surface area contributed by atoms with Crippen molar-refractivity contribution >= 4 is 38.9 Å². The number of carbonyl (C=O) groups excluding carboxylic acids is 1. The average molecular weight is 431 g/mol. The first-order valence-electron chi connectivity index (χ1n) is 10.1. The highest BCUT2D eigenvalue weighted by Gasteiger charge is 2.36. The van der Waals surface area contributed by atoms with Crippen LogP contribution in [0.15, 0.2) is 65.9 Å². The van der Waals surface area contributed by atoms with Crippen LogP contribution in [-0.4, -0.2) is 34.4 Å². The van der Waals surface area contributed by atoms with Gasteiger partial charge in [-0.1, -0.05) is 42.5 Å². The van der Waals surface area contributed by atoms with E-state index in [4.69, 9.17) is 5.73 Å². The molecule has 1 fully saturated rings. The van der Waals surface area contributed by atoms with E-state index in [1.165, 1.54) is 5.56 Å². The predicted molar refractivity (Wildman–Crippen MR) is 131 cm³/mol. The second-order valence-corrected chi connectivity index (χ2v) is 8.83. The van der Waals surface area contributed by atoms with E-state index in [9.17, 15) is 4.79 Å². The first kappa shape index (κ1) is 21.2. The van der Waals surface area contributed by atoms with E-state index in [0.717, 1.165) is 28.7 Å². The number of imidazole rings is 1. The minimum absolute atomic E-state index is 0.0511. The molecule has 1 aromatic heterocycles. The van der Waals surface area contributed by atoms with E-state index >= 15 is 0 Å². The van der Waals surface area contributed by atoms with Gasteiger partial charge >= 0.3 is 0 Å². The van der Waals surface area contributed by atoms with E-state index in [0.29, 0.717) is 18.8 Å². The zero-order valence-corrected chi connectivity index (χ0v) is 18.7. The molecule has 0 bridgehead atoms. The molecule has 6 nitrogen and oxygen atoms in total. The quantitative estimate of drug-likeness (QED) is 0.481. The number of allylic oxidation sites excluding steroid dienone is 1. The third-order valence-electron chi connectivity index (χ3n) is 5.33. The molecule has 2 atom stereocenters.